The Hall–Kier alpha value is -3.79. The number of pyridine rings is 1. The van der Waals surface area contributed by atoms with E-state index < -0.39 is 6.10 Å². The first-order valence-corrected chi connectivity index (χ1v) is 11.0. The molecule has 0 radical (unpaired) electrons. The number of fused-ring (bicyclic) bond motifs is 2. The van der Waals surface area contributed by atoms with Crippen molar-refractivity contribution in [3.05, 3.63) is 48.7 Å². The molecule has 4 aromatic rings. The zero-order valence-corrected chi connectivity index (χ0v) is 18.2. The van der Waals surface area contributed by atoms with Gasteiger partial charge in [-0.15, -0.1) is 0 Å². The van der Waals surface area contributed by atoms with E-state index in [9.17, 15) is 9.90 Å². The molecule has 33 heavy (non-hydrogen) atoms. The van der Waals surface area contributed by atoms with Crippen molar-refractivity contribution < 1.29 is 14.6 Å². The van der Waals surface area contributed by atoms with E-state index in [1.165, 1.54) is 0 Å². The normalized spacial score (nSPS) is 16.9. The van der Waals surface area contributed by atoms with Crippen LogP contribution >= 0.6 is 0 Å². The number of aromatic amines is 1. The number of H-pyrrole nitrogens is 1. The summed E-state index contributed by atoms with van der Waals surface area (Å²) in [5.74, 6) is 1.04. The molecule has 170 valence electrons. The Morgan fingerprint density at radius 2 is 2.21 bits per heavy atom. The van der Waals surface area contributed by atoms with E-state index in [4.69, 9.17) is 4.74 Å². The zero-order valence-electron chi connectivity index (χ0n) is 18.2. The molecule has 10 nitrogen and oxygen atoms in total. The first-order valence-electron chi connectivity index (χ1n) is 11.0. The Labute approximate surface area is 190 Å². The van der Waals surface area contributed by atoms with E-state index in [1.807, 2.05) is 24.3 Å². The van der Waals surface area contributed by atoms with Crippen molar-refractivity contribution in [2.75, 3.05) is 24.6 Å². The highest BCUT2D eigenvalue weighted by atomic mass is 16.5. The van der Waals surface area contributed by atoms with Gasteiger partial charge in [0, 0.05) is 24.5 Å². The van der Waals surface area contributed by atoms with Crippen LogP contribution in [0.3, 0.4) is 0 Å². The van der Waals surface area contributed by atoms with Crippen LogP contribution in [-0.4, -0.2) is 67.8 Å². The molecule has 1 amide bonds. The van der Waals surface area contributed by atoms with Gasteiger partial charge in [-0.05, 0) is 31.9 Å². The van der Waals surface area contributed by atoms with Gasteiger partial charge >= 0.3 is 0 Å². The summed E-state index contributed by atoms with van der Waals surface area (Å²) in [7, 11) is 0. The maximum absolute atomic E-state index is 12.6. The molecule has 0 aliphatic carbocycles. The summed E-state index contributed by atoms with van der Waals surface area (Å²) in [5, 5.41) is 13.0. The molecule has 10 heteroatoms. The Bertz CT molecular complexity index is 1290. The van der Waals surface area contributed by atoms with Crippen LogP contribution in [0.4, 0.5) is 5.82 Å². The number of aromatic nitrogens is 5. The highest BCUT2D eigenvalue weighted by Crippen LogP contribution is 2.30. The molecule has 0 saturated carbocycles. The standard InChI is InChI=1S/C23H25N7O3/c1-14(31)10-24-23(32)18-9-19(16-6-2-3-7-17(16)29-18)33-11-15-5-4-8-30(15)22-20-21(26-12-25-20)27-13-28-22/h2-3,6-7,9,12-15,31H,4-5,8,10-11H2,1H3,(H,24,32)(H,25,26,27,28). The van der Waals surface area contributed by atoms with E-state index in [-0.39, 0.29) is 24.2 Å². The first-order chi connectivity index (χ1) is 16.1. The van der Waals surface area contributed by atoms with E-state index in [2.05, 4.69) is 35.1 Å². The van der Waals surface area contributed by atoms with Crippen molar-refractivity contribution in [2.45, 2.75) is 31.9 Å². The second kappa shape index (κ2) is 8.99. The summed E-state index contributed by atoms with van der Waals surface area (Å²) < 4.78 is 6.28. The van der Waals surface area contributed by atoms with Crippen molar-refractivity contribution >= 4 is 33.8 Å². The van der Waals surface area contributed by atoms with Crippen LogP contribution in [-0.2, 0) is 0 Å². The molecule has 1 aromatic carbocycles. The first kappa shape index (κ1) is 21.1. The number of anilines is 1. The maximum atomic E-state index is 12.6. The van der Waals surface area contributed by atoms with Crippen molar-refractivity contribution in [1.82, 2.24) is 30.2 Å². The minimum Gasteiger partial charge on any atom is -0.491 e. The third-order valence-corrected chi connectivity index (χ3v) is 5.75. The molecule has 0 bridgehead atoms. The molecule has 3 aromatic heterocycles. The minimum atomic E-state index is -0.638. The summed E-state index contributed by atoms with van der Waals surface area (Å²) in [6.45, 7) is 3.06. The second-order valence-corrected chi connectivity index (χ2v) is 8.18. The van der Waals surface area contributed by atoms with Gasteiger partial charge in [-0.1, -0.05) is 12.1 Å². The summed E-state index contributed by atoms with van der Waals surface area (Å²) in [4.78, 5) is 35.4. The SMILES string of the molecule is CC(O)CNC(=O)c1cc(OCC2CCCN2c2ncnc3[nH]cnc23)c2ccccc2n1. The number of hydrogen-bond donors (Lipinski definition) is 3. The minimum absolute atomic E-state index is 0.110. The fraction of sp³-hybridized carbons (Fsp3) is 0.348. The number of aliphatic hydroxyl groups is 1. The number of aliphatic hydroxyl groups excluding tert-OH is 1. The van der Waals surface area contributed by atoms with Crippen molar-refractivity contribution in [1.29, 1.82) is 0 Å². The number of benzene rings is 1. The van der Waals surface area contributed by atoms with Crippen molar-refractivity contribution in [2.24, 2.45) is 0 Å². The van der Waals surface area contributed by atoms with Gasteiger partial charge in [0.25, 0.3) is 5.91 Å². The molecule has 0 spiro atoms. The lowest BCUT2D eigenvalue weighted by molar-refractivity contribution is 0.0919. The van der Waals surface area contributed by atoms with Gasteiger partial charge in [-0.2, -0.15) is 0 Å². The molecule has 5 rings (SSSR count). The summed E-state index contributed by atoms with van der Waals surface area (Å²) >= 11 is 0. The lowest BCUT2D eigenvalue weighted by Crippen LogP contribution is -2.35. The van der Waals surface area contributed by atoms with Crippen LogP contribution in [0.2, 0.25) is 0 Å². The molecule has 1 aliphatic heterocycles. The molecule has 2 unspecified atom stereocenters. The van der Waals surface area contributed by atoms with Crippen molar-refractivity contribution in [3.63, 3.8) is 0 Å². The number of ether oxygens (including phenoxy) is 1. The summed E-state index contributed by atoms with van der Waals surface area (Å²) in [6.07, 6.45) is 4.51. The third-order valence-electron chi connectivity index (χ3n) is 5.75. The average Bonchev–Trinajstić information content (AvgIpc) is 3.50. The smallest absolute Gasteiger partial charge is 0.270 e. The second-order valence-electron chi connectivity index (χ2n) is 8.18. The van der Waals surface area contributed by atoms with Crippen LogP contribution in [0.5, 0.6) is 5.75 Å². The predicted octanol–water partition coefficient (Wildman–Crippen LogP) is 2.06. The van der Waals surface area contributed by atoms with Gasteiger partial charge in [0.05, 0.1) is 24.0 Å². The molecule has 1 aliphatic rings. The summed E-state index contributed by atoms with van der Waals surface area (Å²) in [6, 6.07) is 9.35. The highest BCUT2D eigenvalue weighted by molar-refractivity contribution is 5.97. The number of rotatable bonds is 7. The monoisotopic (exact) mass is 447 g/mol. The van der Waals surface area contributed by atoms with Crippen LogP contribution < -0.4 is 15.0 Å². The van der Waals surface area contributed by atoms with Crippen LogP contribution in [0.15, 0.2) is 43.0 Å². The number of imidazole rings is 1. The van der Waals surface area contributed by atoms with Gasteiger partial charge in [0.2, 0.25) is 0 Å². The number of para-hydroxylation sites is 1. The van der Waals surface area contributed by atoms with E-state index >= 15 is 0 Å². The molecule has 4 heterocycles. The molecular formula is C23H25N7O3. The van der Waals surface area contributed by atoms with Crippen LogP contribution in [0, 0.1) is 0 Å². The van der Waals surface area contributed by atoms with E-state index in [0.29, 0.717) is 23.5 Å². The van der Waals surface area contributed by atoms with Gasteiger partial charge in [0.15, 0.2) is 11.5 Å². The largest absolute Gasteiger partial charge is 0.491 e. The lowest BCUT2D eigenvalue weighted by Gasteiger charge is -2.26. The van der Waals surface area contributed by atoms with Gasteiger partial charge in [-0.3, -0.25) is 4.79 Å². The molecule has 3 N–H and O–H groups in total. The fourth-order valence-electron chi connectivity index (χ4n) is 4.15. The quantitative estimate of drug-likeness (QED) is 0.393. The number of nitrogens with zero attached hydrogens (tertiary/aromatic N) is 5. The van der Waals surface area contributed by atoms with Crippen molar-refractivity contribution in [3.8, 4) is 5.75 Å². The Balaban J connectivity index is 1.39. The highest BCUT2D eigenvalue weighted by Gasteiger charge is 2.29. The molecule has 1 fully saturated rings. The number of carbonyl (C=O) groups excluding carboxylic acids is 1. The molecular weight excluding hydrogens is 422 g/mol. The van der Waals surface area contributed by atoms with Gasteiger partial charge < -0.3 is 25.0 Å². The van der Waals surface area contributed by atoms with Crippen LogP contribution in [0.25, 0.3) is 22.1 Å². The summed E-state index contributed by atoms with van der Waals surface area (Å²) in [5.41, 5.74) is 2.38. The van der Waals surface area contributed by atoms with Gasteiger partial charge in [-0.25, -0.2) is 19.9 Å². The number of nitrogens with one attached hydrogen (secondary N) is 2. The van der Waals surface area contributed by atoms with E-state index in [1.54, 1.807) is 25.6 Å². The Kier molecular flexibility index (Phi) is 5.74. The number of hydrogen-bond acceptors (Lipinski definition) is 8. The Morgan fingerprint density at radius 1 is 1.33 bits per heavy atom. The lowest BCUT2D eigenvalue weighted by atomic mass is 10.1. The molecule has 1 saturated heterocycles. The third kappa shape index (κ3) is 4.29. The maximum Gasteiger partial charge on any atom is 0.270 e. The van der Waals surface area contributed by atoms with E-state index in [0.717, 1.165) is 36.1 Å². The van der Waals surface area contributed by atoms with Crippen LogP contribution in [0.1, 0.15) is 30.3 Å². The van der Waals surface area contributed by atoms with Gasteiger partial charge in [0.1, 0.15) is 29.9 Å². The topological polar surface area (TPSA) is 129 Å². The average molecular weight is 447 g/mol. The number of carbonyl (C=O) groups is 1. The Morgan fingerprint density at radius 3 is 3.09 bits per heavy atom. The predicted molar refractivity (Wildman–Crippen MR) is 123 cm³/mol. The molecule has 2 atom stereocenters. The zero-order chi connectivity index (χ0) is 22.8. The fourth-order valence-corrected chi connectivity index (χ4v) is 4.15. The number of amides is 1.